The summed E-state index contributed by atoms with van der Waals surface area (Å²) in [5, 5.41) is 19.6. The number of likely N-dealkylation sites (tertiary alicyclic amines) is 1. The van der Waals surface area contributed by atoms with E-state index in [1.54, 1.807) is 45.9 Å². The van der Waals surface area contributed by atoms with Crippen molar-refractivity contribution >= 4 is 29.1 Å². The second-order valence-electron chi connectivity index (χ2n) is 7.76. The van der Waals surface area contributed by atoms with Crippen LogP contribution in [0.3, 0.4) is 0 Å². The van der Waals surface area contributed by atoms with Crippen LogP contribution in [-0.2, 0) is 16.8 Å². The molecule has 0 saturated carbocycles. The molecule has 166 valence electrons. The minimum absolute atomic E-state index is 0.0699. The van der Waals surface area contributed by atoms with E-state index in [9.17, 15) is 10.1 Å². The maximum absolute atomic E-state index is 13.0. The summed E-state index contributed by atoms with van der Waals surface area (Å²) in [7, 11) is 1.55. The van der Waals surface area contributed by atoms with Gasteiger partial charge in [-0.3, -0.25) is 9.48 Å². The highest BCUT2D eigenvalue weighted by atomic mass is 35.5. The molecule has 0 atom stereocenters. The number of nitrogens with zero attached hydrogens (tertiary/aromatic N) is 6. The topological polar surface area (TPSA) is 89.0 Å². The number of piperidine rings is 1. The molecule has 0 spiro atoms. The number of rotatable bonds is 5. The number of benzene rings is 1. The van der Waals surface area contributed by atoms with Crippen LogP contribution in [0.5, 0.6) is 5.75 Å². The first kappa shape index (κ1) is 22.2. The maximum Gasteiger partial charge on any atom is 0.244 e. The van der Waals surface area contributed by atoms with Crippen molar-refractivity contribution in [3.63, 3.8) is 0 Å². The molecule has 3 heterocycles. The Kier molecular flexibility index (Phi) is 6.13. The van der Waals surface area contributed by atoms with Crippen LogP contribution < -0.4 is 4.74 Å². The summed E-state index contributed by atoms with van der Waals surface area (Å²) in [5.74, 6) is 0.955. The minimum Gasteiger partial charge on any atom is -0.495 e. The van der Waals surface area contributed by atoms with Gasteiger partial charge in [-0.15, -0.1) is 0 Å². The average molecular weight is 473 g/mol. The predicted octanol–water partition coefficient (Wildman–Crippen LogP) is 3.78. The van der Waals surface area contributed by atoms with Gasteiger partial charge in [0.1, 0.15) is 17.3 Å². The lowest BCUT2D eigenvalue weighted by molar-refractivity contribution is -0.133. The summed E-state index contributed by atoms with van der Waals surface area (Å²) in [6, 6.07) is 9.66. The highest BCUT2D eigenvalue weighted by Gasteiger charge is 2.38. The SMILES string of the molecule is COc1cc(C2(C#N)CCN(C(=O)Cn3nc(-n4cccn4)c(Cl)c3C)CC2)ccc1Cl. The Hall–Kier alpha value is -3.02. The van der Waals surface area contributed by atoms with E-state index in [0.29, 0.717) is 53.2 Å². The zero-order valence-corrected chi connectivity index (χ0v) is 19.3. The molecule has 1 aromatic carbocycles. The van der Waals surface area contributed by atoms with Gasteiger partial charge >= 0.3 is 0 Å². The van der Waals surface area contributed by atoms with E-state index in [1.807, 2.05) is 19.1 Å². The molecule has 2 aromatic heterocycles. The molecule has 1 aliphatic heterocycles. The Morgan fingerprint density at radius 3 is 2.69 bits per heavy atom. The Labute approximate surface area is 195 Å². The zero-order valence-electron chi connectivity index (χ0n) is 17.8. The van der Waals surface area contributed by atoms with E-state index in [1.165, 1.54) is 0 Å². The van der Waals surface area contributed by atoms with Crippen molar-refractivity contribution in [3.8, 4) is 17.6 Å². The molecule has 8 nitrogen and oxygen atoms in total. The van der Waals surface area contributed by atoms with Crippen LogP contribution in [-0.4, -0.2) is 50.6 Å². The van der Waals surface area contributed by atoms with Gasteiger partial charge in [0, 0.05) is 25.5 Å². The Morgan fingerprint density at radius 2 is 2.06 bits per heavy atom. The molecule has 0 radical (unpaired) electrons. The lowest BCUT2D eigenvalue weighted by Crippen LogP contribution is -2.45. The minimum atomic E-state index is -0.688. The molecule has 1 aliphatic rings. The highest BCUT2D eigenvalue weighted by molar-refractivity contribution is 6.33. The number of amides is 1. The number of hydrogen-bond donors (Lipinski definition) is 0. The van der Waals surface area contributed by atoms with E-state index in [0.717, 1.165) is 5.56 Å². The molecule has 32 heavy (non-hydrogen) atoms. The van der Waals surface area contributed by atoms with Crippen LogP contribution in [0, 0.1) is 18.3 Å². The van der Waals surface area contributed by atoms with Gasteiger partial charge in [-0.05, 0) is 43.5 Å². The standard InChI is InChI=1S/C22H22Cl2N6O2/c1-15-20(24)21(29-9-3-8-26-29)27-30(15)13-19(31)28-10-6-22(14-25,7-11-28)16-4-5-17(23)18(12-16)32-2/h3-5,8-9,12H,6-7,10-11,13H2,1-2H3. The van der Waals surface area contributed by atoms with Crippen molar-refractivity contribution in [2.75, 3.05) is 20.2 Å². The van der Waals surface area contributed by atoms with Crippen molar-refractivity contribution in [2.24, 2.45) is 0 Å². The highest BCUT2D eigenvalue weighted by Crippen LogP contribution is 2.38. The largest absolute Gasteiger partial charge is 0.495 e. The van der Waals surface area contributed by atoms with Crippen molar-refractivity contribution < 1.29 is 9.53 Å². The van der Waals surface area contributed by atoms with Crippen molar-refractivity contribution in [2.45, 2.75) is 31.7 Å². The van der Waals surface area contributed by atoms with Crippen LogP contribution in [0.15, 0.2) is 36.7 Å². The monoisotopic (exact) mass is 472 g/mol. The first-order chi connectivity index (χ1) is 15.4. The summed E-state index contributed by atoms with van der Waals surface area (Å²) in [4.78, 5) is 14.8. The van der Waals surface area contributed by atoms with Gasteiger partial charge in [-0.1, -0.05) is 29.3 Å². The van der Waals surface area contributed by atoms with Crippen LogP contribution in [0.1, 0.15) is 24.1 Å². The van der Waals surface area contributed by atoms with Gasteiger partial charge in [-0.25, -0.2) is 4.68 Å². The molecule has 10 heteroatoms. The Bertz CT molecular complexity index is 1170. The van der Waals surface area contributed by atoms with Crippen molar-refractivity contribution in [1.29, 1.82) is 5.26 Å². The zero-order chi connectivity index (χ0) is 22.9. The van der Waals surface area contributed by atoms with Gasteiger partial charge in [0.05, 0.1) is 29.3 Å². The first-order valence-corrected chi connectivity index (χ1v) is 10.9. The molecule has 0 bridgehead atoms. The second kappa shape index (κ2) is 8.85. The van der Waals surface area contributed by atoms with Gasteiger partial charge in [0.15, 0.2) is 5.82 Å². The lowest BCUT2D eigenvalue weighted by Gasteiger charge is -2.37. The fraction of sp³-hybridized carbons (Fsp3) is 0.364. The molecule has 1 amide bonds. The lowest BCUT2D eigenvalue weighted by atomic mass is 9.74. The first-order valence-electron chi connectivity index (χ1n) is 10.1. The molecular formula is C22H22Cl2N6O2. The smallest absolute Gasteiger partial charge is 0.244 e. The van der Waals surface area contributed by atoms with Crippen LogP contribution >= 0.6 is 23.2 Å². The van der Waals surface area contributed by atoms with E-state index in [2.05, 4.69) is 16.3 Å². The molecule has 1 saturated heterocycles. The predicted molar refractivity (Wildman–Crippen MR) is 120 cm³/mol. The Morgan fingerprint density at radius 1 is 1.31 bits per heavy atom. The van der Waals surface area contributed by atoms with Crippen LogP contribution in [0.25, 0.3) is 5.82 Å². The van der Waals surface area contributed by atoms with E-state index >= 15 is 0 Å². The number of aromatic nitrogens is 4. The third-order valence-corrected chi connectivity index (χ3v) is 6.77. The van der Waals surface area contributed by atoms with E-state index in [4.69, 9.17) is 27.9 Å². The molecule has 0 unspecified atom stereocenters. The summed E-state index contributed by atoms with van der Waals surface area (Å²) >= 11 is 12.5. The number of hydrogen-bond acceptors (Lipinski definition) is 5. The molecule has 1 fully saturated rings. The van der Waals surface area contributed by atoms with E-state index < -0.39 is 5.41 Å². The van der Waals surface area contributed by atoms with E-state index in [-0.39, 0.29) is 12.5 Å². The second-order valence-corrected chi connectivity index (χ2v) is 8.54. The summed E-state index contributed by atoms with van der Waals surface area (Å²) < 4.78 is 8.47. The average Bonchev–Trinajstić information content (AvgIpc) is 3.44. The van der Waals surface area contributed by atoms with Crippen molar-refractivity contribution in [3.05, 3.63) is 58.0 Å². The Balaban J connectivity index is 1.47. The quantitative estimate of drug-likeness (QED) is 0.563. The molecule has 3 aromatic rings. The number of halogens is 2. The van der Waals surface area contributed by atoms with Crippen LogP contribution in [0.4, 0.5) is 0 Å². The molecule has 4 rings (SSSR count). The van der Waals surface area contributed by atoms with Crippen LogP contribution in [0.2, 0.25) is 10.0 Å². The van der Waals surface area contributed by atoms with Gasteiger partial charge in [0.2, 0.25) is 5.91 Å². The number of carbonyl (C=O) groups excluding carboxylic acids is 1. The van der Waals surface area contributed by atoms with Gasteiger partial charge < -0.3 is 9.64 Å². The van der Waals surface area contributed by atoms with Crippen molar-refractivity contribution in [1.82, 2.24) is 24.5 Å². The third kappa shape index (κ3) is 3.94. The molecule has 0 N–H and O–H groups in total. The normalized spacial score (nSPS) is 15.4. The maximum atomic E-state index is 13.0. The number of methoxy groups -OCH3 is 1. The van der Waals surface area contributed by atoms with Gasteiger partial charge in [-0.2, -0.15) is 15.5 Å². The fourth-order valence-electron chi connectivity index (χ4n) is 3.99. The molecular weight excluding hydrogens is 451 g/mol. The number of carbonyl (C=O) groups is 1. The summed E-state index contributed by atoms with van der Waals surface area (Å²) in [6.07, 6.45) is 4.44. The third-order valence-electron chi connectivity index (χ3n) is 6.01. The number of nitriles is 1. The fourth-order valence-corrected chi connectivity index (χ4v) is 4.41. The molecule has 0 aliphatic carbocycles. The number of ether oxygens (including phenoxy) is 1. The summed E-state index contributed by atoms with van der Waals surface area (Å²) in [6.45, 7) is 2.83. The summed E-state index contributed by atoms with van der Waals surface area (Å²) in [5.41, 5.74) is 0.862. The van der Waals surface area contributed by atoms with Gasteiger partial charge in [0.25, 0.3) is 0 Å².